The van der Waals surface area contributed by atoms with Gasteiger partial charge in [0.05, 0.1) is 18.9 Å². The van der Waals surface area contributed by atoms with E-state index in [-0.39, 0.29) is 18.5 Å². The van der Waals surface area contributed by atoms with Crippen molar-refractivity contribution >= 4 is 28.6 Å². The van der Waals surface area contributed by atoms with Crippen LogP contribution in [-0.4, -0.2) is 37.3 Å². The van der Waals surface area contributed by atoms with Crippen LogP contribution in [0.4, 0.5) is 5.69 Å². The number of anilines is 1. The molecule has 2 heterocycles. The molecule has 9 nitrogen and oxygen atoms in total. The largest absolute Gasteiger partial charge is 0.452 e. The number of carbonyl (C=O) groups excluding carboxylic acids is 2. The van der Waals surface area contributed by atoms with E-state index in [2.05, 4.69) is 29.2 Å². The Balaban J connectivity index is 1.58. The first-order valence-corrected chi connectivity index (χ1v) is 10.3. The number of aryl methyl sites for hydroxylation is 2. The van der Waals surface area contributed by atoms with Gasteiger partial charge in [-0.25, -0.2) is 4.98 Å². The lowest BCUT2D eigenvalue weighted by Crippen LogP contribution is -2.31. The molecule has 0 fully saturated rings. The summed E-state index contributed by atoms with van der Waals surface area (Å²) in [6, 6.07) is 7.59. The van der Waals surface area contributed by atoms with E-state index in [0.717, 1.165) is 12.0 Å². The molecule has 2 atom stereocenters. The molecule has 0 saturated carbocycles. The number of carbonyl (C=O) groups is 2. The second-order valence-electron chi connectivity index (χ2n) is 7.52. The molecule has 1 N–H and O–H groups in total. The van der Waals surface area contributed by atoms with E-state index in [1.54, 1.807) is 7.05 Å². The summed E-state index contributed by atoms with van der Waals surface area (Å²) in [6.45, 7) is 5.80. The number of fused-ring (bicyclic) bond motifs is 1. The molecule has 0 saturated heterocycles. The average molecular weight is 425 g/mol. The highest BCUT2D eigenvalue weighted by molar-refractivity contribution is 5.95. The van der Waals surface area contributed by atoms with Gasteiger partial charge in [0, 0.05) is 19.3 Å². The minimum atomic E-state index is -0.965. The summed E-state index contributed by atoms with van der Waals surface area (Å²) in [4.78, 5) is 41.4. The second-order valence-corrected chi connectivity index (χ2v) is 7.52. The zero-order valence-electron chi connectivity index (χ0n) is 18.2. The van der Waals surface area contributed by atoms with E-state index >= 15 is 0 Å². The van der Waals surface area contributed by atoms with Crippen LogP contribution < -0.4 is 10.9 Å². The molecule has 2 unspecified atom stereocenters. The van der Waals surface area contributed by atoms with E-state index < -0.39 is 18.0 Å². The van der Waals surface area contributed by atoms with Gasteiger partial charge in [-0.2, -0.15) is 5.10 Å². The summed E-state index contributed by atoms with van der Waals surface area (Å²) in [5.41, 5.74) is 1.95. The van der Waals surface area contributed by atoms with Crippen LogP contribution in [0.15, 0.2) is 41.6 Å². The molecular formula is C22H27N5O4. The fourth-order valence-corrected chi connectivity index (χ4v) is 3.24. The predicted octanol–water partition coefficient (Wildman–Crippen LogP) is 2.60. The molecule has 9 heteroatoms. The van der Waals surface area contributed by atoms with E-state index in [4.69, 9.17) is 4.74 Å². The SMILES string of the molecule is CCC(C)c1ccccc1NC(=O)C(C)OC(=O)CCn1cnc2c(cnn2C)c1=O. The first-order valence-electron chi connectivity index (χ1n) is 10.3. The van der Waals surface area contributed by atoms with Crippen molar-refractivity contribution in [2.45, 2.75) is 52.2 Å². The Hall–Kier alpha value is -3.49. The van der Waals surface area contributed by atoms with Crippen LogP contribution in [0.3, 0.4) is 0 Å². The summed E-state index contributed by atoms with van der Waals surface area (Å²) in [6.07, 6.45) is 2.74. The van der Waals surface area contributed by atoms with Crippen molar-refractivity contribution in [3.8, 4) is 0 Å². The van der Waals surface area contributed by atoms with Gasteiger partial charge in [-0.3, -0.25) is 23.6 Å². The van der Waals surface area contributed by atoms with Crippen molar-refractivity contribution in [2.24, 2.45) is 7.05 Å². The number of hydrogen-bond donors (Lipinski definition) is 1. The topological polar surface area (TPSA) is 108 Å². The van der Waals surface area contributed by atoms with Crippen molar-refractivity contribution in [2.75, 3.05) is 5.32 Å². The van der Waals surface area contributed by atoms with Crippen molar-refractivity contribution in [1.82, 2.24) is 19.3 Å². The van der Waals surface area contributed by atoms with Gasteiger partial charge < -0.3 is 10.1 Å². The minimum absolute atomic E-state index is 0.0611. The number of rotatable bonds is 8. The maximum absolute atomic E-state index is 12.5. The average Bonchev–Trinajstić information content (AvgIpc) is 3.14. The van der Waals surface area contributed by atoms with E-state index in [1.165, 1.54) is 28.7 Å². The lowest BCUT2D eigenvalue weighted by Gasteiger charge is -2.18. The van der Waals surface area contributed by atoms with Crippen LogP contribution >= 0.6 is 0 Å². The first kappa shape index (κ1) is 22.2. The molecule has 1 aromatic carbocycles. The quantitative estimate of drug-likeness (QED) is 0.556. The standard InChI is InChI=1S/C22H27N5O4/c1-5-14(2)16-8-6-7-9-18(16)25-21(29)15(3)31-19(28)10-11-27-13-23-20-17(22(27)30)12-24-26(20)4/h6-9,12-15H,5,10-11H2,1-4H3,(H,25,29). The van der Waals surface area contributed by atoms with Crippen LogP contribution in [0.25, 0.3) is 11.0 Å². The van der Waals surface area contributed by atoms with E-state index in [0.29, 0.717) is 22.6 Å². The Kier molecular flexibility index (Phi) is 6.84. The number of benzene rings is 1. The molecule has 164 valence electrons. The van der Waals surface area contributed by atoms with Gasteiger partial charge in [-0.1, -0.05) is 32.0 Å². The van der Waals surface area contributed by atoms with Crippen molar-refractivity contribution in [1.29, 1.82) is 0 Å². The van der Waals surface area contributed by atoms with Gasteiger partial charge in [0.2, 0.25) is 0 Å². The molecule has 0 aliphatic rings. The van der Waals surface area contributed by atoms with Crippen molar-refractivity contribution in [3.05, 3.63) is 52.7 Å². The van der Waals surface area contributed by atoms with Gasteiger partial charge >= 0.3 is 5.97 Å². The fraction of sp³-hybridized carbons (Fsp3) is 0.409. The molecular weight excluding hydrogens is 398 g/mol. The summed E-state index contributed by atoms with van der Waals surface area (Å²) < 4.78 is 8.10. The van der Waals surface area contributed by atoms with Crippen LogP contribution in [0, 0.1) is 0 Å². The monoisotopic (exact) mass is 425 g/mol. The smallest absolute Gasteiger partial charge is 0.308 e. The highest BCUT2D eigenvalue weighted by Crippen LogP contribution is 2.26. The number of nitrogens with zero attached hydrogens (tertiary/aromatic N) is 4. The lowest BCUT2D eigenvalue weighted by molar-refractivity contribution is -0.153. The van der Waals surface area contributed by atoms with Crippen molar-refractivity contribution < 1.29 is 14.3 Å². The van der Waals surface area contributed by atoms with Gasteiger partial charge in [0.15, 0.2) is 11.8 Å². The van der Waals surface area contributed by atoms with Crippen LogP contribution in [-0.2, 0) is 27.9 Å². The van der Waals surface area contributed by atoms with Crippen LogP contribution in [0.1, 0.15) is 45.1 Å². The minimum Gasteiger partial charge on any atom is -0.452 e. The normalized spacial score (nSPS) is 13.0. The molecule has 2 aromatic heterocycles. The molecule has 3 rings (SSSR count). The van der Waals surface area contributed by atoms with E-state index in [9.17, 15) is 14.4 Å². The molecule has 0 aliphatic carbocycles. The van der Waals surface area contributed by atoms with Crippen molar-refractivity contribution in [3.63, 3.8) is 0 Å². The maximum atomic E-state index is 12.5. The summed E-state index contributed by atoms with van der Waals surface area (Å²) in [7, 11) is 1.70. The number of esters is 1. The van der Waals surface area contributed by atoms with Gasteiger partial charge in [0.1, 0.15) is 5.39 Å². The Morgan fingerprint density at radius 1 is 1.23 bits per heavy atom. The third-order valence-corrected chi connectivity index (χ3v) is 5.31. The van der Waals surface area contributed by atoms with Gasteiger partial charge in [0.25, 0.3) is 11.5 Å². The van der Waals surface area contributed by atoms with Crippen LogP contribution in [0.5, 0.6) is 0 Å². The Morgan fingerprint density at radius 2 is 1.97 bits per heavy atom. The highest BCUT2D eigenvalue weighted by Gasteiger charge is 2.20. The summed E-state index contributed by atoms with van der Waals surface area (Å²) in [5, 5.41) is 7.24. The first-order chi connectivity index (χ1) is 14.8. The third kappa shape index (κ3) is 4.99. The number of nitrogens with one attached hydrogen (secondary N) is 1. The molecule has 0 aliphatic heterocycles. The molecule has 31 heavy (non-hydrogen) atoms. The Morgan fingerprint density at radius 3 is 2.71 bits per heavy atom. The molecule has 0 radical (unpaired) electrons. The second kappa shape index (κ2) is 9.55. The van der Waals surface area contributed by atoms with Gasteiger partial charge in [-0.15, -0.1) is 0 Å². The number of ether oxygens (including phenoxy) is 1. The molecule has 3 aromatic rings. The molecule has 1 amide bonds. The van der Waals surface area contributed by atoms with Gasteiger partial charge in [-0.05, 0) is 30.9 Å². The zero-order valence-corrected chi connectivity index (χ0v) is 18.2. The van der Waals surface area contributed by atoms with Crippen LogP contribution in [0.2, 0.25) is 0 Å². The Bertz CT molecular complexity index is 1150. The Labute approximate surface area is 180 Å². The number of amides is 1. The number of aromatic nitrogens is 4. The van der Waals surface area contributed by atoms with E-state index in [1.807, 2.05) is 24.3 Å². The summed E-state index contributed by atoms with van der Waals surface area (Å²) in [5.74, 6) is -0.686. The predicted molar refractivity (Wildman–Crippen MR) is 117 cm³/mol. The third-order valence-electron chi connectivity index (χ3n) is 5.31. The molecule has 0 bridgehead atoms. The lowest BCUT2D eigenvalue weighted by atomic mass is 9.97. The highest BCUT2D eigenvalue weighted by atomic mass is 16.5. The number of hydrogen-bond acceptors (Lipinski definition) is 6. The fourth-order valence-electron chi connectivity index (χ4n) is 3.24. The number of para-hydroxylation sites is 1. The maximum Gasteiger partial charge on any atom is 0.308 e. The zero-order chi connectivity index (χ0) is 22.5. The molecule has 0 spiro atoms. The summed E-state index contributed by atoms with van der Waals surface area (Å²) >= 11 is 0.